The van der Waals surface area contributed by atoms with Gasteiger partial charge < -0.3 is 14.6 Å². The number of aromatic nitrogens is 2. The number of nitrogens with zero attached hydrogens (tertiary/aromatic N) is 3. The summed E-state index contributed by atoms with van der Waals surface area (Å²) in [5, 5.41) is 12.1. The number of nitriles is 1. The van der Waals surface area contributed by atoms with Crippen LogP contribution in [-0.4, -0.2) is 28.3 Å². The van der Waals surface area contributed by atoms with Crippen LogP contribution in [0.5, 0.6) is 0 Å². The molecule has 3 rings (SSSR count). The first-order valence-electron chi connectivity index (χ1n) is 9.25. The number of hydrogen-bond acceptors (Lipinski definition) is 4. The summed E-state index contributed by atoms with van der Waals surface area (Å²) >= 11 is 0. The van der Waals surface area contributed by atoms with Crippen molar-refractivity contribution in [2.75, 3.05) is 12.4 Å². The average molecular weight is 404 g/mol. The molecule has 1 aromatic heterocycles. The van der Waals surface area contributed by atoms with E-state index in [0.717, 1.165) is 17.3 Å². The Kier molecular flexibility index (Phi) is 5.71. The van der Waals surface area contributed by atoms with Crippen molar-refractivity contribution in [2.24, 2.45) is 0 Å². The Hall–Kier alpha value is -2.79. The van der Waals surface area contributed by atoms with Crippen LogP contribution in [0.15, 0.2) is 36.8 Å². The first-order valence-corrected chi connectivity index (χ1v) is 9.25. The zero-order chi connectivity index (χ0) is 21.2. The van der Waals surface area contributed by atoms with Gasteiger partial charge in [0.25, 0.3) is 0 Å². The molecule has 1 N–H and O–H groups in total. The van der Waals surface area contributed by atoms with Crippen molar-refractivity contribution in [3.63, 3.8) is 0 Å². The van der Waals surface area contributed by atoms with Crippen LogP contribution >= 0.6 is 0 Å². The number of benzene rings is 1. The number of imidazole rings is 1. The molecule has 1 aromatic carbocycles. The summed E-state index contributed by atoms with van der Waals surface area (Å²) in [5.41, 5.74) is 0.786. The molecule has 0 saturated heterocycles. The van der Waals surface area contributed by atoms with Gasteiger partial charge in [-0.15, -0.1) is 0 Å². The molecule has 0 amide bonds. The van der Waals surface area contributed by atoms with Gasteiger partial charge in [0.1, 0.15) is 0 Å². The summed E-state index contributed by atoms with van der Waals surface area (Å²) < 4.78 is 47.0. The Bertz CT molecular complexity index is 954. The molecule has 0 bridgehead atoms. The highest BCUT2D eigenvalue weighted by Crippen LogP contribution is 2.35. The number of alkyl halides is 3. The monoisotopic (exact) mass is 404 g/mol. The van der Waals surface area contributed by atoms with E-state index in [4.69, 9.17) is 10.00 Å². The van der Waals surface area contributed by atoms with Crippen molar-refractivity contribution in [2.45, 2.75) is 51.1 Å². The summed E-state index contributed by atoms with van der Waals surface area (Å²) in [6, 6.07) is 5.29. The number of methoxy groups -OCH3 is 1. The third-order valence-electron chi connectivity index (χ3n) is 5.08. The molecule has 0 radical (unpaired) electrons. The van der Waals surface area contributed by atoms with Gasteiger partial charge in [0.2, 0.25) is 0 Å². The summed E-state index contributed by atoms with van der Waals surface area (Å²) in [6.45, 7) is 4.62. The number of anilines is 1. The minimum atomic E-state index is -4.57. The number of ether oxygens (including phenoxy) is 1. The average Bonchev–Trinajstić information content (AvgIpc) is 3.29. The highest BCUT2D eigenvalue weighted by atomic mass is 19.4. The predicted octanol–water partition coefficient (Wildman–Crippen LogP) is 4.86. The zero-order valence-electron chi connectivity index (χ0n) is 16.5. The molecule has 0 aliphatic heterocycles. The fourth-order valence-corrected chi connectivity index (χ4v) is 3.43. The van der Waals surface area contributed by atoms with Crippen molar-refractivity contribution in [1.82, 2.24) is 9.55 Å². The van der Waals surface area contributed by atoms with E-state index in [0.29, 0.717) is 25.1 Å². The van der Waals surface area contributed by atoms with Crippen molar-refractivity contribution in [3.8, 4) is 6.07 Å². The van der Waals surface area contributed by atoms with Gasteiger partial charge in [-0.2, -0.15) is 18.4 Å². The van der Waals surface area contributed by atoms with Gasteiger partial charge in [0.15, 0.2) is 0 Å². The van der Waals surface area contributed by atoms with Crippen LogP contribution in [0.4, 0.5) is 18.9 Å². The Morgan fingerprint density at radius 2 is 2.10 bits per heavy atom. The largest absolute Gasteiger partial charge is 0.417 e. The first kappa shape index (κ1) is 20.9. The minimum absolute atomic E-state index is 0.0298. The second-order valence-corrected chi connectivity index (χ2v) is 7.75. The van der Waals surface area contributed by atoms with E-state index in [1.807, 2.05) is 18.4 Å². The molecule has 154 valence electrons. The lowest BCUT2D eigenvalue weighted by molar-refractivity contribution is -0.137. The fourth-order valence-electron chi connectivity index (χ4n) is 3.43. The van der Waals surface area contributed by atoms with Gasteiger partial charge in [-0.05, 0) is 50.5 Å². The van der Waals surface area contributed by atoms with Crippen molar-refractivity contribution in [1.29, 1.82) is 5.26 Å². The quantitative estimate of drug-likeness (QED) is 0.747. The maximum Gasteiger partial charge on any atom is 0.417 e. The van der Waals surface area contributed by atoms with Gasteiger partial charge in [-0.25, -0.2) is 4.98 Å². The van der Waals surface area contributed by atoms with Gasteiger partial charge >= 0.3 is 6.18 Å². The smallest absolute Gasteiger partial charge is 0.382 e. The van der Waals surface area contributed by atoms with Crippen molar-refractivity contribution < 1.29 is 17.9 Å². The number of halogens is 3. The van der Waals surface area contributed by atoms with Crippen LogP contribution in [0.3, 0.4) is 0 Å². The fraction of sp³-hybridized carbons (Fsp3) is 0.429. The number of rotatable bonds is 6. The first-order chi connectivity index (χ1) is 13.6. The van der Waals surface area contributed by atoms with E-state index in [9.17, 15) is 13.2 Å². The molecule has 0 fully saturated rings. The van der Waals surface area contributed by atoms with Crippen LogP contribution in [0.1, 0.15) is 43.5 Å². The van der Waals surface area contributed by atoms with Gasteiger partial charge in [-0.1, -0.05) is 6.08 Å². The molecule has 1 unspecified atom stereocenters. The summed E-state index contributed by atoms with van der Waals surface area (Å²) in [5.74, 6) is 0. The molecule has 2 aromatic rings. The Labute approximate surface area is 167 Å². The highest BCUT2D eigenvalue weighted by Gasteiger charge is 2.34. The van der Waals surface area contributed by atoms with E-state index < -0.39 is 11.7 Å². The highest BCUT2D eigenvalue weighted by molar-refractivity contribution is 5.67. The molecular weight excluding hydrogens is 381 g/mol. The van der Waals surface area contributed by atoms with Crippen LogP contribution in [0.25, 0.3) is 5.57 Å². The zero-order valence-corrected chi connectivity index (χ0v) is 16.5. The molecule has 8 heteroatoms. The van der Waals surface area contributed by atoms with E-state index in [1.54, 1.807) is 25.7 Å². The normalized spacial score (nSPS) is 17.1. The van der Waals surface area contributed by atoms with Crippen LogP contribution < -0.4 is 5.32 Å². The van der Waals surface area contributed by atoms with Gasteiger partial charge in [0.05, 0.1) is 47.6 Å². The van der Waals surface area contributed by atoms with Gasteiger partial charge in [0, 0.05) is 18.8 Å². The second-order valence-electron chi connectivity index (χ2n) is 7.75. The molecule has 1 atom stereocenters. The van der Waals surface area contributed by atoms with Crippen molar-refractivity contribution in [3.05, 3.63) is 53.6 Å². The third kappa shape index (κ3) is 4.80. The Morgan fingerprint density at radius 1 is 1.34 bits per heavy atom. The van der Waals surface area contributed by atoms with Gasteiger partial charge in [-0.3, -0.25) is 0 Å². The molecule has 5 nitrogen and oxygen atoms in total. The van der Waals surface area contributed by atoms with E-state index in [-0.39, 0.29) is 17.2 Å². The molecule has 29 heavy (non-hydrogen) atoms. The number of hydrogen-bond donors (Lipinski definition) is 1. The lowest BCUT2D eigenvalue weighted by Gasteiger charge is -2.24. The standard InChI is InChI=1S/C21H23F3N4O/c1-20(2,29-3)12-28-13-26-11-19(28)14-4-6-16(8-14)27-17-7-5-15(10-25)18(9-17)21(22,23)24/h4-5,7,9,11,13,16,27H,6,8,12H2,1-3H3. The van der Waals surface area contributed by atoms with E-state index >= 15 is 0 Å². The van der Waals surface area contributed by atoms with E-state index in [2.05, 4.69) is 16.4 Å². The molecule has 1 heterocycles. The summed E-state index contributed by atoms with van der Waals surface area (Å²) in [6.07, 6.45) is 2.43. The molecule has 0 saturated carbocycles. The Balaban J connectivity index is 1.72. The lowest BCUT2D eigenvalue weighted by Crippen LogP contribution is -2.29. The molecule has 1 aliphatic carbocycles. The van der Waals surface area contributed by atoms with Crippen molar-refractivity contribution >= 4 is 11.3 Å². The minimum Gasteiger partial charge on any atom is -0.382 e. The predicted molar refractivity (Wildman–Crippen MR) is 104 cm³/mol. The van der Waals surface area contributed by atoms with Crippen LogP contribution in [0.2, 0.25) is 0 Å². The third-order valence-corrected chi connectivity index (χ3v) is 5.08. The molecule has 0 spiro atoms. The second kappa shape index (κ2) is 7.91. The van der Waals surface area contributed by atoms with E-state index in [1.165, 1.54) is 12.1 Å². The maximum absolute atomic E-state index is 13.2. The SMILES string of the molecule is COC(C)(C)Cn1cncc1C1=CCC(Nc2ccc(C#N)c(C(F)(F)F)c2)C1. The molecular formula is C21H23F3N4O. The van der Waals surface area contributed by atoms with Crippen LogP contribution in [0, 0.1) is 11.3 Å². The topological polar surface area (TPSA) is 62.9 Å². The lowest BCUT2D eigenvalue weighted by atomic mass is 10.1. The van der Waals surface area contributed by atoms with Crippen LogP contribution in [-0.2, 0) is 17.5 Å². The summed E-state index contributed by atoms with van der Waals surface area (Å²) in [4.78, 5) is 4.24. The maximum atomic E-state index is 13.2. The summed E-state index contributed by atoms with van der Waals surface area (Å²) in [7, 11) is 1.66. The molecule has 1 aliphatic rings. The Morgan fingerprint density at radius 3 is 2.76 bits per heavy atom. The number of nitrogens with one attached hydrogen (secondary N) is 1.